The average Bonchev–Trinajstić information content (AvgIpc) is 2.29. The van der Waals surface area contributed by atoms with Gasteiger partial charge in [0.25, 0.3) is 0 Å². The maximum Gasteiger partial charge on any atom is 0.311 e. The number of rotatable bonds is 6. The van der Waals surface area contributed by atoms with Crippen LogP contribution in [0.5, 0.6) is 0 Å². The number of nitro groups is 1. The second-order valence-electron chi connectivity index (χ2n) is 3.81. The predicted octanol–water partition coefficient (Wildman–Crippen LogP) is 2.63. The third-order valence-electron chi connectivity index (χ3n) is 2.42. The number of hydrogen-bond donors (Lipinski definition) is 2. The topological polar surface area (TPSA) is 80.1 Å². The van der Waals surface area contributed by atoms with Gasteiger partial charge in [-0.15, -0.1) is 0 Å². The lowest BCUT2D eigenvalue weighted by Crippen LogP contribution is -2.16. The van der Waals surface area contributed by atoms with Crippen molar-refractivity contribution in [3.8, 4) is 0 Å². The first-order valence-corrected chi connectivity index (χ1v) is 5.74. The molecule has 2 N–H and O–H groups in total. The molecule has 0 aromatic carbocycles. The smallest absolute Gasteiger partial charge is 0.311 e. The Hall–Kier alpha value is -1.85. The molecule has 0 aliphatic rings. The van der Waals surface area contributed by atoms with Crippen LogP contribution < -0.4 is 10.6 Å². The van der Waals surface area contributed by atoms with Gasteiger partial charge in [-0.25, -0.2) is 4.98 Å². The van der Waals surface area contributed by atoms with E-state index in [-0.39, 0.29) is 11.7 Å². The summed E-state index contributed by atoms with van der Waals surface area (Å²) in [6.07, 6.45) is 0.879. The molecule has 0 radical (unpaired) electrons. The Morgan fingerprint density at radius 3 is 2.71 bits per heavy atom. The molecule has 0 aliphatic carbocycles. The maximum absolute atomic E-state index is 10.9. The zero-order valence-corrected chi connectivity index (χ0v) is 10.4. The van der Waals surface area contributed by atoms with Crippen LogP contribution in [0.1, 0.15) is 27.2 Å². The van der Waals surface area contributed by atoms with Gasteiger partial charge in [0.2, 0.25) is 5.82 Å². The van der Waals surface area contributed by atoms with E-state index in [0.717, 1.165) is 13.0 Å². The number of anilines is 2. The molecule has 1 heterocycles. The second-order valence-corrected chi connectivity index (χ2v) is 3.81. The Bertz CT molecular complexity index is 395. The minimum atomic E-state index is -0.423. The lowest BCUT2D eigenvalue weighted by Gasteiger charge is -2.13. The Labute approximate surface area is 101 Å². The Morgan fingerprint density at radius 1 is 1.47 bits per heavy atom. The van der Waals surface area contributed by atoms with E-state index < -0.39 is 4.92 Å². The number of pyridine rings is 1. The highest BCUT2D eigenvalue weighted by Gasteiger charge is 2.17. The summed E-state index contributed by atoms with van der Waals surface area (Å²) < 4.78 is 0. The number of nitrogens with one attached hydrogen (secondary N) is 2. The summed E-state index contributed by atoms with van der Waals surface area (Å²) in [7, 11) is 0. The van der Waals surface area contributed by atoms with Crippen LogP contribution in [0.25, 0.3) is 0 Å². The molecule has 94 valence electrons. The molecule has 17 heavy (non-hydrogen) atoms. The molecular weight excluding hydrogens is 220 g/mol. The monoisotopic (exact) mass is 238 g/mol. The fourth-order valence-corrected chi connectivity index (χ4v) is 1.32. The zero-order valence-electron chi connectivity index (χ0n) is 10.4. The van der Waals surface area contributed by atoms with Gasteiger partial charge in [-0.2, -0.15) is 0 Å². The second kappa shape index (κ2) is 6.03. The Morgan fingerprint density at radius 2 is 2.18 bits per heavy atom. The van der Waals surface area contributed by atoms with Gasteiger partial charge in [0.05, 0.1) is 4.92 Å². The van der Waals surface area contributed by atoms with Crippen LogP contribution in [0.15, 0.2) is 12.1 Å². The first kappa shape index (κ1) is 13.2. The van der Waals surface area contributed by atoms with E-state index in [9.17, 15) is 10.1 Å². The van der Waals surface area contributed by atoms with Crippen molar-refractivity contribution < 1.29 is 4.92 Å². The molecular formula is C11H18N4O2. The van der Waals surface area contributed by atoms with Crippen molar-refractivity contribution in [1.82, 2.24) is 4.98 Å². The fraction of sp³-hybridized carbons (Fsp3) is 0.545. The quantitative estimate of drug-likeness (QED) is 0.588. The molecule has 1 unspecified atom stereocenters. The van der Waals surface area contributed by atoms with Crippen LogP contribution in [0.3, 0.4) is 0 Å². The standard InChI is InChI=1S/C11H18N4O2/c1-4-8(3)13-11-9(15(16)17)6-7-10(14-11)12-5-2/h6-8H,4-5H2,1-3H3,(H2,12,13,14). The number of hydrogen-bond acceptors (Lipinski definition) is 5. The first-order chi connectivity index (χ1) is 8.08. The van der Waals surface area contributed by atoms with Crippen molar-refractivity contribution >= 4 is 17.3 Å². The van der Waals surface area contributed by atoms with E-state index in [1.807, 2.05) is 20.8 Å². The van der Waals surface area contributed by atoms with E-state index in [1.54, 1.807) is 6.07 Å². The third kappa shape index (κ3) is 3.58. The van der Waals surface area contributed by atoms with Crippen molar-refractivity contribution in [3.05, 3.63) is 22.2 Å². The summed E-state index contributed by atoms with van der Waals surface area (Å²) >= 11 is 0. The SMILES string of the molecule is CCNc1ccc([N+](=O)[O-])c(NC(C)CC)n1. The van der Waals surface area contributed by atoms with Crippen molar-refractivity contribution in [2.24, 2.45) is 0 Å². The van der Waals surface area contributed by atoms with E-state index in [2.05, 4.69) is 15.6 Å². The first-order valence-electron chi connectivity index (χ1n) is 5.74. The molecule has 1 aromatic rings. The zero-order chi connectivity index (χ0) is 12.8. The Kier molecular flexibility index (Phi) is 4.68. The molecule has 1 aromatic heterocycles. The van der Waals surface area contributed by atoms with Crippen molar-refractivity contribution in [1.29, 1.82) is 0 Å². The number of aromatic nitrogens is 1. The fourth-order valence-electron chi connectivity index (χ4n) is 1.32. The van der Waals surface area contributed by atoms with E-state index in [1.165, 1.54) is 6.07 Å². The molecule has 0 bridgehead atoms. The van der Waals surface area contributed by atoms with Crippen molar-refractivity contribution in [3.63, 3.8) is 0 Å². The van der Waals surface area contributed by atoms with Crippen LogP contribution in [0.2, 0.25) is 0 Å². The summed E-state index contributed by atoms with van der Waals surface area (Å²) in [6.45, 7) is 6.65. The van der Waals surface area contributed by atoms with Crippen LogP contribution in [0.4, 0.5) is 17.3 Å². The molecule has 0 fully saturated rings. The Balaban J connectivity index is 3.02. The molecule has 0 saturated carbocycles. The molecule has 1 rings (SSSR count). The van der Waals surface area contributed by atoms with E-state index in [4.69, 9.17) is 0 Å². The van der Waals surface area contributed by atoms with Gasteiger partial charge in [0.1, 0.15) is 5.82 Å². The molecule has 0 aliphatic heterocycles. The molecule has 6 nitrogen and oxygen atoms in total. The summed E-state index contributed by atoms with van der Waals surface area (Å²) in [5, 5.41) is 16.9. The van der Waals surface area contributed by atoms with Gasteiger partial charge < -0.3 is 10.6 Å². The van der Waals surface area contributed by atoms with Gasteiger partial charge in [-0.05, 0) is 26.3 Å². The highest BCUT2D eigenvalue weighted by atomic mass is 16.6. The van der Waals surface area contributed by atoms with Gasteiger partial charge in [-0.1, -0.05) is 6.92 Å². The molecule has 0 saturated heterocycles. The summed E-state index contributed by atoms with van der Waals surface area (Å²) in [6, 6.07) is 3.23. The molecule has 1 atom stereocenters. The summed E-state index contributed by atoms with van der Waals surface area (Å²) in [5.41, 5.74) is 0.00644. The third-order valence-corrected chi connectivity index (χ3v) is 2.42. The predicted molar refractivity (Wildman–Crippen MR) is 68.4 cm³/mol. The van der Waals surface area contributed by atoms with Crippen molar-refractivity contribution in [2.45, 2.75) is 33.2 Å². The van der Waals surface area contributed by atoms with Crippen LogP contribution in [-0.4, -0.2) is 22.5 Å². The number of nitrogens with zero attached hydrogens (tertiary/aromatic N) is 2. The van der Waals surface area contributed by atoms with Gasteiger partial charge in [-0.3, -0.25) is 10.1 Å². The van der Waals surface area contributed by atoms with Crippen LogP contribution in [-0.2, 0) is 0 Å². The van der Waals surface area contributed by atoms with Gasteiger partial charge >= 0.3 is 5.69 Å². The molecule has 0 amide bonds. The molecule has 6 heteroatoms. The highest BCUT2D eigenvalue weighted by Crippen LogP contribution is 2.24. The molecule has 0 spiro atoms. The van der Waals surface area contributed by atoms with Crippen molar-refractivity contribution in [2.75, 3.05) is 17.2 Å². The summed E-state index contributed by atoms with van der Waals surface area (Å²) in [4.78, 5) is 14.7. The summed E-state index contributed by atoms with van der Waals surface area (Å²) in [5.74, 6) is 0.965. The lowest BCUT2D eigenvalue weighted by molar-refractivity contribution is -0.384. The van der Waals surface area contributed by atoms with E-state index in [0.29, 0.717) is 11.6 Å². The van der Waals surface area contributed by atoms with Crippen LogP contribution in [0, 0.1) is 10.1 Å². The maximum atomic E-state index is 10.9. The average molecular weight is 238 g/mol. The largest absolute Gasteiger partial charge is 0.370 e. The van der Waals surface area contributed by atoms with Gasteiger partial charge in [0.15, 0.2) is 0 Å². The van der Waals surface area contributed by atoms with Crippen LogP contribution >= 0.6 is 0 Å². The lowest BCUT2D eigenvalue weighted by atomic mass is 10.2. The minimum Gasteiger partial charge on any atom is -0.370 e. The van der Waals surface area contributed by atoms with E-state index >= 15 is 0 Å². The minimum absolute atomic E-state index is 0.00644. The van der Waals surface area contributed by atoms with Gasteiger partial charge in [0, 0.05) is 18.7 Å². The highest BCUT2D eigenvalue weighted by molar-refractivity contribution is 5.60. The normalized spacial score (nSPS) is 11.9.